The second-order valence-electron chi connectivity index (χ2n) is 7.37. The number of ether oxygens (including phenoxy) is 2. The van der Waals surface area contributed by atoms with Gasteiger partial charge in [0.15, 0.2) is 11.5 Å². The van der Waals surface area contributed by atoms with E-state index in [1.54, 1.807) is 24.3 Å². The first-order chi connectivity index (χ1) is 16.3. The van der Waals surface area contributed by atoms with E-state index < -0.39 is 11.8 Å². The van der Waals surface area contributed by atoms with Gasteiger partial charge in [0.1, 0.15) is 6.61 Å². The van der Waals surface area contributed by atoms with Gasteiger partial charge in [0.25, 0.3) is 0 Å². The average molecular weight is 500 g/mol. The van der Waals surface area contributed by atoms with Crippen molar-refractivity contribution in [3.8, 4) is 11.5 Å². The number of hydrogen-bond donors (Lipinski definition) is 2. The van der Waals surface area contributed by atoms with Gasteiger partial charge in [-0.3, -0.25) is 9.59 Å². The van der Waals surface area contributed by atoms with Crippen LogP contribution in [-0.4, -0.2) is 25.1 Å². The van der Waals surface area contributed by atoms with Gasteiger partial charge in [-0.25, -0.2) is 5.43 Å². The summed E-state index contributed by atoms with van der Waals surface area (Å²) in [6.07, 6.45) is 1.35. The fourth-order valence-corrected chi connectivity index (χ4v) is 3.49. The van der Waals surface area contributed by atoms with Crippen LogP contribution in [0.2, 0.25) is 10.0 Å². The Balaban J connectivity index is 1.63. The molecule has 3 aromatic carbocycles. The van der Waals surface area contributed by atoms with E-state index in [0.717, 1.165) is 16.7 Å². The third kappa shape index (κ3) is 6.50. The molecule has 0 radical (unpaired) electrons. The lowest BCUT2D eigenvalue weighted by molar-refractivity contribution is -0.136. The van der Waals surface area contributed by atoms with E-state index in [2.05, 4.69) is 15.8 Å². The van der Waals surface area contributed by atoms with Crippen LogP contribution in [0.1, 0.15) is 22.3 Å². The molecule has 0 aromatic heterocycles. The molecule has 0 bridgehead atoms. The van der Waals surface area contributed by atoms with Crippen molar-refractivity contribution in [2.45, 2.75) is 20.5 Å². The Morgan fingerprint density at radius 3 is 2.32 bits per heavy atom. The Kier molecular flexibility index (Phi) is 8.51. The molecule has 0 spiro atoms. The highest BCUT2D eigenvalue weighted by Gasteiger charge is 2.16. The quantitative estimate of drug-likeness (QED) is 0.262. The largest absolute Gasteiger partial charge is 0.493 e. The minimum atomic E-state index is -0.903. The van der Waals surface area contributed by atoms with Crippen molar-refractivity contribution in [2.75, 3.05) is 12.4 Å². The molecule has 2 N–H and O–H groups in total. The van der Waals surface area contributed by atoms with E-state index in [-0.39, 0.29) is 6.61 Å². The smallest absolute Gasteiger partial charge is 0.329 e. The summed E-state index contributed by atoms with van der Waals surface area (Å²) in [5.41, 5.74) is 5.95. The number of aryl methyl sites for hydroxylation is 2. The first-order valence-electron chi connectivity index (χ1n) is 10.2. The van der Waals surface area contributed by atoms with Crippen molar-refractivity contribution in [3.05, 3.63) is 86.9 Å². The maximum absolute atomic E-state index is 12.2. The first kappa shape index (κ1) is 25.1. The number of benzene rings is 3. The monoisotopic (exact) mass is 499 g/mol. The van der Waals surface area contributed by atoms with Crippen molar-refractivity contribution >= 4 is 46.9 Å². The van der Waals surface area contributed by atoms with Crippen LogP contribution < -0.4 is 20.2 Å². The second kappa shape index (κ2) is 11.5. The minimum absolute atomic E-state index is 0.270. The zero-order chi connectivity index (χ0) is 24.7. The molecule has 9 heteroatoms. The molecule has 0 saturated heterocycles. The average Bonchev–Trinajstić information content (AvgIpc) is 2.81. The van der Waals surface area contributed by atoms with Crippen LogP contribution in [0.3, 0.4) is 0 Å². The van der Waals surface area contributed by atoms with E-state index in [1.807, 2.05) is 44.2 Å². The minimum Gasteiger partial charge on any atom is -0.493 e. The molecule has 0 atom stereocenters. The number of hydrogen-bond acceptors (Lipinski definition) is 5. The van der Waals surface area contributed by atoms with Gasteiger partial charge in [0, 0.05) is 10.7 Å². The molecule has 0 aliphatic rings. The maximum atomic E-state index is 12.2. The molecule has 3 aromatic rings. The number of carbonyl (C=O) groups excluding carboxylic acids is 2. The number of hydrazone groups is 1. The Morgan fingerprint density at radius 1 is 1.00 bits per heavy atom. The van der Waals surface area contributed by atoms with Crippen LogP contribution in [0.25, 0.3) is 0 Å². The zero-order valence-electron chi connectivity index (χ0n) is 18.8. The topological polar surface area (TPSA) is 89.0 Å². The van der Waals surface area contributed by atoms with Crippen LogP contribution in [0.4, 0.5) is 5.69 Å². The van der Waals surface area contributed by atoms with Crippen LogP contribution in [0.5, 0.6) is 11.5 Å². The molecule has 0 aliphatic carbocycles. The molecule has 176 valence electrons. The van der Waals surface area contributed by atoms with E-state index >= 15 is 0 Å². The van der Waals surface area contributed by atoms with Gasteiger partial charge in [-0.2, -0.15) is 5.10 Å². The second-order valence-corrected chi connectivity index (χ2v) is 8.21. The number of nitrogens with zero attached hydrogens (tertiary/aromatic N) is 1. The molecular weight excluding hydrogens is 477 g/mol. The number of nitrogens with one attached hydrogen (secondary N) is 2. The van der Waals surface area contributed by atoms with Gasteiger partial charge >= 0.3 is 11.8 Å². The standard InChI is InChI=1S/C25H23Cl2N3O4/c1-15-5-4-6-16(2)22(15)29-24(31)25(32)30-28-13-18-11-20(27)23(21(12-18)33-3)34-14-17-7-9-19(26)10-8-17/h4-13H,14H2,1-3H3,(H,29,31)(H,30,32)/b28-13-. The molecule has 0 saturated carbocycles. The number of carbonyl (C=O) groups is 2. The van der Waals surface area contributed by atoms with Gasteiger partial charge in [0.2, 0.25) is 0 Å². The van der Waals surface area contributed by atoms with Crippen LogP contribution in [0, 0.1) is 13.8 Å². The Morgan fingerprint density at radius 2 is 1.68 bits per heavy atom. The third-order valence-corrected chi connectivity index (χ3v) is 5.39. The molecule has 34 heavy (non-hydrogen) atoms. The Hall–Kier alpha value is -3.55. The lowest BCUT2D eigenvalue weighted by atomic mass is 10.1. The fourth-order valence-electron chi connectivity index (χ4n) is 3.09. The normalized spacial score (nSPS) is 10.7. The lowest BCUT2D eigenvalue weighted by Crippen LogP contribution is -2.32. The van der Waals surface area contributed by atoms with E-state index in [9.17, 15) is 9.59 Å². The highest BCUT2D eigenvalue weighted by molar-refractivity contribution is 6.39. The molecule has 0 unspecified atom stereocenters. The van der Waals surface area contributed by atoms with Crippen molar-refractivity contribution in [1.82, 2.24) is 5.43 Å². The number of amides is 2. The zero-order valence-corrected chi connectivity index (χ0v) is 20.3. The fraction of sp³-hybridized carbons (Fsp3) is 0.160. The van der Waals surface area contributed by atoms with E-state index in [4.69, 9.17) is 32.7 Å². The predicted molar refractivity (Wildman–Crippen MR) is 134 cm³/mol. The summed E-state index contributed by atoms with van der Waals surface area (Å²) in [6.45, 7) is 3.96. The van der Waals surface area contributed by atoms with Crippen molar-refractivity contribution < 1.29 is 19.1 Å². The van der Waals surface area contributed by atoms with Gasteiger partial charge in [-0.1, -0.05) is 53.5 Å². The molecule has 0 heterocycles. The summed E-state index contributed by atoms with van der Waals surface area (Å²) in [7, 11) is 1.49. The summed E-state index contributed by atoms with van der Waals surface area (Å²) in [6, 6.07) is 16.1. The summed E-state index contributed by atoms with van der Waals surface area (Å²) in [5, 5.41) is 7.38. The molecule has 3 rings (SSSR count). The summed E-state index contributed by atoms with van der Waals surface area (Å²) < 4.78 is 11.2. The van der Waals surface area contributed by atoms with Crippen LogP contribution >= 0.6 is 23.2 Å². The SMILES string of the molecule is COc1cc(/C=N\NC(=O)C(=O)Nc2c(C)cccc2C)cc(Cl)c1OCc1ccc(Cl)cc1. The summed E-state index contributed by atoms with van der Waals surface area (Å²) >= 11 is 12.3. The van der Waals surface area contributed by atoms with Gasteiger partial charge in [-0.15, -0.1) is 0 Å². The van der Waals surface area contributed by atoms with Gasteiger partial charge < -0.3 is 14.8 Å². The highest BCUT2D eigenvalue weighted by atomic mass is 35.5. The molecular formula is C25H23Cl2N3O4. The Bertz CT molecular complexity index is 1210. The number of methoxy groups -OCH3 is 1. The molecule has 2 amide bonds. The Labute approximate surface area is 207 Å². The van der Waals surface area contributed by atoms with Crippen LogP contribution in [-0.2, 0) is 16.2 Å². The lowest BCUT2D eigenvalue weighted by Gasteiger charge is -2.13. The third-order valence-electron chi connectivity index (χ3n) is 4.85. The number of anilines is 1. The van der Waals surface area contributed by atoms with E-state index in [0.29, 0.717) is 32.8 Å². The van der Waals surface area contributed by atoms with Crippen molar-refractivity contribution in [1.29, 1.82) is 0 Å². The summed E-state index contributed by atoms with van der Waals surface area (Å²) in [5.74, 6) is -0.966. The number of halogens is 2. The van der Waals surface area contributed by atoms with Crippen molar-refractivity contribution in [3.63, 3.8) is 0 Å². The molecule has 0 aliphatic heterocycles. The predicted octanol–water partition coefficient (Wildman–Crippen LogP) is 5.29. The van der Waals surface area contributed by atoms with E-state index in [1.165, 1.54) is 13.3 Å². The van der Waals surface area contributed by atoms with Crippen LogP contribution in [0.15, 0.2) is 59.7 Å². The molecule has 7 nitrogen and oxygen atoms in total. The maximum Gasteiger partial charge on any atom is 0.329 e. The van der Waals surface area contributed by atoms with Gasteiger partial charge in [0.05, 0.1) is 18.3 Å². The summed E-state index contributed by atoms with van der Waals surface area (Å²) in [4.78, 5) is 24.3. The molecule has 0 fully saturated rings. The highest BCUT2D eigenvalue weighted by Crippen LogP contribution is 2.36. The number of para-hydroxylation sites is 1. The number of rotatable bonds is 7. The van der Waals surface area contributed by atoms with Crippen molar-refractivity contribution in [2.24, 2.45) is 5.10 Å². The first-order valence-corrected chi connectivity index (χ1v) is 11.0. The van der Waals surface area contributed by atoms with Gasteiger partial charge in [-0.05, 0) is 60.4 Å².